The number of esters is 1. The van der Waals surface area contributed by atoms with Gasteiger partial charge in [0.1, 0.15) is 5.82 Å². The van der Waals surface area contributed by atoms with E-state index in [0.29, 0.717) is 5.56 Å². The van der Waals surface area contributed by atoms with Crippen molar-refractivity contribution in [3.8, 4) is 0 Å². The molecule has 0 aliphatic carbocycles. The highest BCUT2D eigenvalue weighted by atomic mass is 19.1. The summed E-state index contributed by atoms with van der Waals surface area (Å²) in [5, 5.41) is 3.15. The van der Waals surface area contributed by atoms with Gasteiger partial charge in [-0.1, -0.05) is 48.5 Å². The Hall–Kier alpha value is -3.06. The second kappa shape index (κ2) is 7.08. The maximum Gasteiger partial charge on any atom is 0.331 e. The summed E-state index contributed by atoms with van der Waals surface area (Å²) in [5.41, 5.74) is -0.854. The standard InChI is InChI=1S/C22H21FN2O4/c1-3-25-19(26)16-17(20(25)27)22(21(28)29-2,13-9-5-4-6-10-13)24-18(16)14-11-7-8-12-15(14)23/h4-12,16-18,24H,3H2,1-2H3. The second-order valence-corrected chi connectivity index (χ2v) is 7.23. The number of imide groups is 1. The maximum atomic E-state index is 14.7. The number of likely N-dealkylation sites (tertiary alicyclic amines) is 1. The van der Waals surface area contributed by atoms with Crippen LogP contribution in [0, 0.1) is 17.7 Å². The molecule has 2 fully saturated rings. The van der Waals surface area contributed by atoms with Crippen LogP contribution in [0.4, 0.5) is 4.39 Å². The average Bonchev–Trinajstić information content (AvgIpc) is 3.23. The number of rotatable bonds is 4. The van der Waals surface area contributed by atoms with Crippen molar-refractivity contribution in [2.75, 3.05) is 13.7 Å². The van der Waals surface area contributed by atoms with Crippen LogP contribution >= 0.6 is 0 Å². The summed E-state index contributed by atoms with van der Waals surface area (Å²) in [7, 11) is 1.24. The summed E-state index contributed by atoms with van der Waals surface area (Å²) >= 11 is 0. The highest BCUT2D eigenvalue weighted by Gasteiger charge is 2.69. The van der Waals surface area contributed by atoms with E-state index < -0.39 is 47.0 Å². The minimum absolute atomic E-state index is 0.181. The molecule has 6 nitrogen and oxygen atoms in total. The first-order chi connectivity index (χ1) is 14.0. The summed E-state index contributed by atoms with van der Waals surface area (Å²) in [4.78, 5) is 40.7. The first-order valence-electron chi connectivity index (χ1n) is 9.48. The van der Waals surface area contributed by atoms with Gasteiger partial charge in [0.2, 0.25) is 11.8 Å². The summed E-state index contributed by atoms with van der Waals surface area (Å²) < 4.78 is 19.8. The van der Waals surface area contributed by atoms with Crippen LogP contribution in [0.15, 0.2) is 54.6 Å². The molecule has 150 valence electrons. The molecule has 0 radical (unpaired) electrons. The Morgan fingerprint density at radius 2 is 1.76 bits per heavy atom. The Labute approximate surface area is 167 Å². The zero-order valence-corrected chi connectivity index (χ0v) is 16.1. The number of halogens is 1. The predicted molar refractivity (Wildman–Crippen MR) is 102 cm³/mol. The number of ether oxygens (including phenoxy) is 1. The molecule has 0 aromatic heterocycles. The molecule has 4 unspecified atom stereocenters. The summed E-state index contributed by atoms with van der Waals surface area (Å²) in [6, 6.07) is 13.9. The third-order valence-electron chi connectivity index (χ3n) is 5.94. The Morgan fingerprint density at radius 1 is 1.10 bits per heavy atom. The van der Waals surface area contributed by atoms with E-state index in [4.69, 9.17) is 4.74 Å². The molecule has 2 saturated heterocycles. The Balaban J connectivity index is 1.97. The van der Waals surface area contributed by atoms with Crippen LogP contribution in [0.1, 0.15) is 24.1 Å². The van der Waals surface area contributed by atoms with Gasteiger partial charge in [0.25, 0.3) is 0 Å². The van der Waals surface area contributed by atoms with Gasteiger partial charge in [0.15, 0.2) is 5.54 Å². The fourth-order valence-electron chi connectivity index (χ4n) is 4.71. The number of carbonyl (C=O) groups is 3. The van der Waals surface area contributed by atoms with Crippen LogP contribution in [0.5, 0.6) is 0 Å². The van der Waals surface area contributed by atoms with Crippen molar-refractivity contribution in [3.05, 3.63) is 71.5 Å². The van der Waals surface area contributed by atoms with Gasteiger partial charge in [-0.05, 0) is 18.6 Å². The van der Waals surface area contributed by atoms with Crippen LogP contribution in [0.25, 0.3) is 0 Å². The van der Waals surface area contributed by atoms with Gasteiger partial charge >= 0.3 is 5.97 Å². The zero-order valence-electron chi connectivity index (χ0n) is 16.1. The van der Waals surface area contributed by atoms with E-state index in [-0.39, 0.29) is 12.1 Å². The molecule has 2 aromatic rings. The number of hydrogen-bond donors (Lipinski definition) is 1. The van der Waals surface area contributed by atoms with Crippen molar-refractivity contribution in [2.24, 2.45) is 11.8 Å². The molecule has 1 N–H and O–H groups in total. The molecule has 0 bridgehead atoms. The SMILES string of the molecule is CCN1C(=O)C2C(c3ccccc3F)NC(C(=O)OC)(c3ccccc3)C2C1=O. The predicted octanol–water partition coefficient (Wildman–Crippen LogP) is 2.16. The van der Waals surface area contributed by atoms with Crippen LogP contribution in [0.2, 0.25) is 0 Å². The van der Waals surface area contributed by atoms with Gasteiger partial charge in [-0.15, -0.1) is 0 Å². The van der Waals surface area contributed by atoms with Gasteiger partial charge in [0, 0.05) is 18.2 Å². The van der Waals surface area contributed by atoms with Crippen LogP contribution in [-0.2, 0) is 24.7 Å². The molecular weight excluding hydrogens is 375 g/mol. The highest BCUT2D eigenvalue weighted by Crippen LogP contribution is 2.53. The van der Waals surface area contributed by atoms with E-state index in [9.17, 15) is 18.8 Å². The number of nitrogens with one attached hydrogen (secondary N) is 1. The Morgan fingerprint density at radius 3 is 2.38 bits per heavy atom. The third kappa shape index (κ3) is 2.61. The molecule has 2 aliphatic rings. The lowest BCUT2D eigenvalue weighted by Crippen LogP contribution is -2.53. The normalized spacial score (nSPS) is 28.5. The Bertz CT molecular complexity index is 980. The first-order valence-corrected chi connectivity index (χ1v) is 9.48. The van der Waals surface area contributed by atoms with Crippen LogP contribution in [0.3, 0.4) is 0 Å². The molecule has 4 rings (SSSR count). The fourth-order valence-corrected chi connectivity index (χ4v) is 4.71. The molecule has 0 saturated carbocycles. The van der Waals surface area contributed by atoms with Gasteiger partial charge in [-0.3, -0.25) is 19.8 Å². The van der Waals surface area contributed by atoms with E-state index >= 15 is 0 Å². The van der Waals surface area contributed by atoms with E-state index in [2.05, 4.69) is 5.32 Å². The van der Waals surface area contributed by atoms with E-state index in [1.807, 2.05) is 0 Å². The number of hydrogen-bond acceptors (Lipinski definition) is 5. The molecule has 2 amide bonds. The second-order valence-electron chi connectivity index (χ2n) is 7.23. The zero-order chi connectivity index (χ0) is 20.8. The smallest absolute Gasteiger partial charge is 0.331 e. The van der Waals surface area contributed by atoms with Crippen molar-refractivity contribution >= 4 is 17.8 Å². The number of fused-ring (bicyclic) bond motifs is 1. The molecule has 7 heteroatoms. The number of methoxy groups -OCH3 is 1. The largest absolute Gasteiger partial charge is 0.467 e. The van der Waals surface area contributed by atoms with Crippen LogP contribution in [-0.4, -0.2) is 36.3 Å². The minimum atomic E-state index is -1.59. The third-order valence-corrected chi connectivity index (χ3v) is 5.94. The number of carbonyl (C=O) groups excluding carboxylic acids is 3. The lowest BCUT2D eigenvalue weighted by atomic mass is 9.75. The topological polar surface area (TPSA) is 75.7 Å². The minimum Gasteiger partial charge on any atom is -0.467 e. The summed E-state index contributed by atoms with van der Waals surface area (Å²) in [6.07, 6.45) is 0. The number of amides is 2. The molecule has 2 heterocycles. The maximum absolute atomic E-state index is 14.7. The molecular formula is C22H21FN2O4. The number of nitrogens with zero attached hydrogens (tertiary/aromatic N) is 1. The molecule has 4 atom stereocenters. The van der Waals surface area contributed by atoms with Crippen molar-refractivity contribution in [3.63, 3.8) is 0 Å². The number of benzene rings is 2. The average molecular weight is 396 g/mol. The van der Waals surface area contributed by atoms with E-state index in [0.717, 1.165) is 4.90 Å². The molecule has 0 spiro atoms. The van der Waals surface area contributed by atoms with Crippen molar-refractivity contribution < 1.29 is 23.5 Å². The quantitative estimate of drug-likeness (QED) is 0.633. The monoisotopic (exact) mass is 396 g/mol. The van der Waals surface area contributed by atoms with Gasteiger partial charge in [-0.25, -0.2) is 9.18 Å². The van der Waals surface area contributed by atoms with Crippen molar-refractivity contribution in [1.82, 2.24) is 10.2 Å². The van der Waals surface area contributed by atoms with Crippen molar-refractivity contribution in [1.29, 1.82) is 0 Å². The fraction of sp³-hybridized carbons (Fsp3) is 0.318. The Kier molecular flexibility index (Phi) is 4.70. The highest BCUT2D eigenvalue weighted by molar-refractivity contribution is 6.09. The lowest BCUT2D eigenvalue weighted by Gasteiger charge is -2.32. The molecule has 29 heavy (non-hydrogen) atoms. The van der Waals surface area contributed by atoms with E-state index in [1.54, 1.807) is 55.5 Å². The molecule has 2 aromatic carbocycles. The van der Waals surface area contributed by atoms with Crippen LogP contribution < -0.4 is 5.32 Å². The summed E-state index contributed by atoms with van der Waals surface area (Å²) in [6.45, 7) is 1.88. The van der Waals surface area contributed by atoms with Crippen molar-refractivity contribution in [2.45, 2.75) is 18.5 Å². The van der Waals surface area contributed by atoms with Gasteiger partial charge < -0.3 is 4.74 Å². The lowest BCUT2D eigenvalue weighted by molar-refractivity contribution is -0.154. The van der Waals surface area contributed by atoms with E-state index in [1.165, 1.54) is 13.2 Å². The van der Waals surface area contributed by atoms with Gasteiger partial charge in [0.05, 0.1) is 18.9 Å². The summed E-state index contributed by atoms with van der Waals surface area (Å²) in [5.74, 6) is -4.01. The van der Waals surface area contributed by atoms with Gasteiger partial charge in [-0.2, -0.15) is 0 Å². The first kappa shape index (κ1) is 19.3. The molecule has 2 aliphatic heterocycles.